The van der Waals surface area contributed by atoms with Crippen LogP contribution in [0.5, 0.6) is 5.75 Å². The second-order valence-corrected chi connectivity index (χ2v) is 3.51. The number of halogens is 1. The first-order valence-electron chi connectivity index (χ1n) is 3.91. The lowest BCUT2D eigenvalue weighted by Crippen LogP contribution is -2.02. The lowest BCUT2D eigenvalue weighted by molar-refractivity contribution is 0.345. The van der Waals surface area contributed by atoms with E-state index in [0.717, 1.165) is 5.75 Å². The quantitative estimate of drug-likeness (QED) is 0.599. The van der Waals surface area contributed by atoms with Gasteiger partial charge in [-0.2, -0.15) is 11.8 Å². The molecule has 0 bridgehead atoms. The Labute approximate surface area is 81.3 Å². The fourth-order valence-corrected chi connectivity index (χ4v) is 1.14. The van der Waals surface area contributed by atoms with Gasteiger partial charge in [0, 0.05) is 11.8 Å². The maximum Gasteiger partial charge on any atom is 0.142 e. The summed E-state index contributed by atoms with van der Waals surface area (Å²) in [6, 6.07) is 4.14. The highest BCUT2D eigenvalue weighted by molar-refractivity contribution is 7.98. The summed E-state index contributed by atoms with van der Waals surface area (Å²) in [4.78, 5) is 0. The van der Waals surface area contributed by atoms with Crippen molar-refractivity contribution in [2.45, 2.75) is 0 Å². The Bertz CT molecular complexity index is 280. The van der Waals surface area contributed by atoms with Gasteiger partial charge >= 0.3 is 0 Å². The van der Waals surface area contributed by atoms with E-state index < -0.39 is 0 Å². The Morgan fingerprint density at radius 3 is 2.92 bits per heavy atom. The van der Waals surface area contributed by atoms with Crippen LogP contribution in [0.1, 0.15) is 0 Å². The van der Waals surface area contributed by atoms with Crippen molar-refractivity contribution in [2.24, 2.45) is 0 Å². The Morgan fingerprint density at radius 2 is 2.31 bits per heavy atom. The number of hydrogen-bond acceptors (Lipinski definition) is 3. The van der Waals surface area contributed by atoms with Gasteiger partial charge in [0.2, 0.25) is 0 Å². The van der Waals surface area contributed by atoms with Gasteiger partial charge in [-0.25, -0.2) is 4.39 Å². The molecule has 0 aromatic heterocycles. The van der Waals surface area contributed by atoms with Crippen LogP contribution in [0.15, 0.2) is 18.2 Å². The van der Waals surface area contributed by atoms with Gasteiger partial charge < -0.3 is 10.5 Å². The molecule has 1 aromatic carbocycles. The van der Waals surface area contributed by atoms with Crippen LogP contribution in [0.4, 0.5) is 10.1 Å². The van der Waals surface area contributed by atoms with E-state index in [1.165, 1.54) is 12.1 Å². The average molecular weight is 201 g/mol. The summed E-state index contributed by atoms with van der Waals surface area (Å²) in [7, 11) is 0. The zero-order valence-corrected chi connectivity index (χ0v) is 8.23. The predicted molar refractivity (Wildman–Crippen MR) is 54.7 cm³/mol. The number of nitrogens with two attached hydrogens (primary N) is 1. The summed E-state index contributed by atoms with van der Waals surface area (Å²) in [6.45, 7) is 0.594. The third-order valence-electron chi connectivity index (χ3n) is 1.52. The highest BCUT2D eigenvalue weighted by Crippen LogP contribution is 2.21. The van der Waals surface area contributed by atoms with E-state index in [1.807, 2.05) is 6.26 Å². The molecule has 0 aliphatic carbocycles. The SMILES string of the molecule is CSCCOc1ccc(F)cc1N. The molecule has 4 heteroatoms. The number of rotatable bonds is 4. The Kier molecular flexibility index (Phi) is 3.89. The second-order valence-electron chi connectivity index (χ2n) is 2.52. The minimum absolute atomic E-state index is 0.338. The van der Waals surface area contributed by atoms with Gasteiger partial charge in [0.05, 0.1) is 12.3 Å². The van der Waals surface area contributed by atoms with Crippen molar-refractivity contribution in [3.05, 3.63) is 24.0 Å². The van der Waals surface area contributed by atoms with Gasteiger partial charge in [-0.3, -0.25) is 0 Å². The maximum absolute atomic E-state index is 12.6. The van der Waals surface area contributed by atoms with Crippen LogP contribution >= 0.6 is 11.8 Å². The zero-order valence-electron chi connectivity index (χ0n) is 7.42. The molecular formula is C9H12FNOS. The molecule has 2 N–H and O–H groups in total. The molecule has 0 heterocycles. The molecule has 0 fully saturated rings. The molecule has 0 aliphatic rings. The topological polar surface area (TPSA) is 35.2 Å². The van der Waals surface area contributed by atoms with Crippen molar-refractivity contribution in [1.29, 1.82) is 0 Å². The van der Waals surface area contributed by atoms with Crippen molar-refractivity contribution in [2.75, 3.05) is 24.3 Å². The van der Waals surface area contributed by atoms with E-state index in [9.17, 15) is 4.39 Å². The van der Waals surface area contributed by atoms with Crippen LogP contribution in [0.3, 0.4) is 0 Å². The van der Waals surface area contributed by atoms with Gasteiger partial charge in [-0.15, -0.1) is 0 Å². The summed E-state index contributed by atoms with van der Waals surface area (Å²) in [5.74, 6) is 1.11. The van der Waals surface area contributed by atoms with Crippen LogP contribution in [-0.4, -0.2) is 18.6 Å². The Morgan fingerprint density at radius 1 is 1.54 bits per heavy atom. The summed E-state index contributed by atoms with van der Waals surface area (Å²) in [5, 5.41) is 0. The lowest BCUT2D eigenvalue weighted by Gasteiger charge is -2.07. The molecule has 1 rings (SSSR count). The van der Waals surface area contributed by atoms with E-state index in [2.05, 4.69) is 0 Å². The fraction of sp³-hybridized carbons (Fsp3) is 0.333. The van der Waals surface area contributed by atoms with Crippen molar-refractivity contribution >= 4 is 17.4 Å². The first kappa shape index (κ1) is 10.2. The molecule has 0 radical (unpaired) electrons. The van der Waals surface area contributed by atoms with Crippen LogP contribution in [0, 0.1) is 5.82 Å². The predicted octanol–water partition coefficient (Wildman–Crippen LogP) is 2.15. The van der Waals surface area contributed by atoms with Crippen molar-refractivity contribution < 1.29 is 9.13 Å². The molecule has 0 unspecified atom stereocenters. The molecule has 1 aromatic rings. The van der Waals surface area contributed by atoms with Crippen molar-refractivity contribution in [1.82, 2.24) is 0 Å². The molecule has 72 valence electrons. The van der Waals surface area contributed by atoms with Crippen LogP contribution in [0.2, 0.25) is 0 Å². The highest BCUT2D eigenvalue weighted by atomic mass is 32.2. The monoisotopic (exact) mass is 201 g/mol. The molecular weight excluding hydrogens is 189 g/mol. The summed E-state index contributed by atoms with van der Waals surface area (Å²) < 4.78 is 17.9. The fourth-order valence-electron chi connectivity index (χ4n) is 0.886. The highest BCUT2D eigenvalue weighted by Gasteiger charge is 2.00. The van der Waals surface area contributed by atoms with E-state index in [0.29, 0.717) is 18.0 Å². The van der Waals surface area contributed by atoms with Gasteiger partial charge in [0.25, 0.3) is 0 Å². The van der Waals surface area contributed by atoms with Crippen LogP contribution < -0.4 is 10.5 Å². The first-order chi connectivity index (χ1) is 6.24. The van der Waals surface area contributed by atoms with Crippen LogP contribution in [0.25, 0.3) is 0 Å². The third kappa shape index (κ3) is 3.14. The molecule has 0 saturated heterocycles. The summed E-state index contributed by atoms with van der Waals surface area (Å²) in [6.07, 6.45) is 2.00. The maximum atomic E-state index is 12.6. The first-order valence-corrected chi connectivity index (χ1v) is 5.30. The minimum Gasteiger partial charge on any atom is -0.491 e. The van der Waals surface area contributed by atoms with E-state index in [-0.39, 0.29) is 5.82 Å². The molecule has 0 amide bonds. The van der Waals surface area contributed by atoms with Gasteiger partial charge in [0.1, 0.15) is 11.6 Å². The smallest absolute Gasteiger partial charge is 0.142 e. The zero-order chi connectivity index (χ0) is 9.68. The second kappa shape index (κ2) is 4.97. The van der Waals surface area contributed by atoms with Gasteiger partial charge in [-0.1, -0.05) is 0 Å². The van der Waals surface area contributed by atoms with Crippen molar-refractivity contribution in [3.8, 4) is 5.75 Å². The van der Waals surface area contributed by atoms with Crippen molar-refractivity contribution in [3.63, 3.8) is 0 Å². The molecule has 0 spiro atoms. The summed E-state index contributed by atoms with van der Waals surface area (Å²) >= 11 is 1.69. The number of thioether (sulfide) groups is 1. The lowest BCUT2D eigenvalue weighted by atomic mass is 10.3. The van der Waals surface area contributed by atoms with E-state index in [4.69, 9.17) is 10.5 Å². The number of anilines is 1. The number of benzene rings is 1. The molecule has 0 atom stereocenters. The van der Waals surface area contributed by atoms with E-state index in [1.54, 1.807) is 17.8 Å². The average Bonchev–Trinajstić information content (AvgIpc) is 2.09. The molecule has 13 heavy (non-hydrogen) atoms. The minimum atomic E-state index is -0.338. The Balaban J connectivity index is 2.56. The van der Waals surface area contributed by atoms with E-state index >= 15 is 0 Å². The van der Waals surface area contributed by atoms with Gasteiger partial charge in [-0.05, 0) is 18.4 Å². The Hall–Kier alpha value is -0.900. The number of ether oxygens (including phenoxy) is 1. The summed E-state index contributed by atoms with van der Waals surface area (Å²) in [5.41, 5.74) is 5.88. The molecule has 2 nitrogen and oxygen atoms in total. The molecule has 0 saturated carbocycles. The van der Waals surface area contributed by atoms with Crippen LogP contribution in [-0.2, 0) is 0 Å². The molecule has 0 aliphatic heterocycles. The normalized spacial score (nSPS) is 10.0. The largest absolute Gasteiger partial charge is 0.491 e. The third-order valence-corrected chi connectivity index (χ3v) is 2.09. The standard InChI is InChI=1S/C9H12FNOS/c1-13-5-4-12-9-3-2-7(10)6-8(9)11/h2-3,6H,4-5,11H2,1H3. The van der Waals surface area contributed by atoms with Gasteiger partial charge in [0.15, 0.2) is 0 Å². The number of hydrogen-bond donors (Lipinski definition) is 1. The number of nitrogen functional groups attached to an aromatic ring is 1.